The molecule has 0 spiro atoms. The molecule has 0 unspecified atom stereocenters. The molecular formula is C17H21N2O4S-. The molecule has 2 aliphatic carbocycles. The van der Waals surface area contributed by atoms with Crippen LogP contribution in [0.5, 0.6) is 0 Å². The molecule has 1 atom stereocenters. The van der Waals surface area contributed by atoms with Crippen LogP contribution in [-0.2, 0) is 22.4 Å². The van der Waals surface area contributed by atoms with Crippen LogP contribution in [0.15, 0.2) is 0 Å². The Balaban J connectivity index is 1.82. The van der Waals surface area contributed by atoms with E-state index in [1.165, 1.54) is 11.3 Å². The highest BCUT2D eigenvalue weighted by atomic mass is 32.1. The number of anilines is 1. The van der Waals surface area contributed by atoms with Crippen LogP contribution in [0, 0.1) is 5.92 Å². The van der Waals surface area contributed by atoms with Gasteiger partial charge in [0.2, 0.25) is 5.91 Å². The zero-order chi connectivity index (χ0) is 17.3. The Morgan fingerprint density at radius 2 is 1.96 bits per heavy atom. The lowest BCUT2D eigenvalue weighted by Crippen LogP contribution is -2.28. The van der Waals surface area contributed by atoms with Gasteiger partial charge in [-0.2, -0.15) is 0 Å². The largest absolute Gasteiger partial charge is 0.550 e. The molecule has 24 heavy (non-hydrogen) atoms. The number of carbonyl (C=O) groups is 3. The van der Waals surface area contributed by atoms with Crippen LogP contribution in [-0.4, -0.2) is 23.8 Å². The van der Waals surface area contributed by atoms with Gasteiger partial charge < -0.3 is 20.5 Å². The molecule has 3 rings (SSSR count). The van der Waals surface area contributed by atoms with E-state index in [0.717, 1.165) is 42.5 Å². The molecule has 0 saturated heterocycles. The van der Waals surface area contributed by atoms with Gasteiger partial charge in [0.1, 0.15) is 5.00 Å². The third-order valence-electron chi connectivity index (χ3n) is 4.46. The van der Waals surface area contributed by atoms with Gasteiger partial charge in [-0.25, -0.2) is 0 Å². The van der Waals surface area contributed by atoms with Crippen LogP contribution in [0.3, 0.4) is 0 Å². The second-order valence-electron chi connectivity index (χ2n) is 6.72. The topological polar surface area (TPSA) is 98.3 Å². The normalized spacial score (nSPS) is 19.5. The fraction of sp³-hybridized carbons (Fsp3) is 0.588. The first-order chi connectivity index (χ1) is 11.4. The van der Waals surface area contributed by atoms with E-state index in [1.807, 2.05) is 0 Å². The maximum Gasteiger partial charge on any atom is 0.254 e. The Labute approximate surface area is 144 Å². The molecule has 6 nitrogen and oxygen atoms in total. The van der Waals surface area contributed by atoms with Gasteiger partial charge in [0, 0.05) is 23.3 Å². The molecule has 0 aliphatic heterocycles. The summed E-state index contributed by atoms with van der Waals surface area (Å²) in [6.07, 6.45) is 4.33. The van der Waals surface area contributed by atoms with Gasteiger partial charge in [0.15, 0.2) is 0 Å². The number of carboxylic acid groups (broad SMARTS) is 1. The van der Waals surface area contributed by atoms with Crippen molar-refractivity contribution in [3.8, 4) is 0 Å². The first-order valence-corrected chi connectivity index (χ1v) is 9.20. The smallest absolute Gasteiger partial charge is 0.254 e. The number of rotatable bonds is 6. The average molecular weight is 349 g/mol. The molecule has 1 aromatic rings. The zero-order valence-electron chi connectivity index (χ0n) is 13.6. The predicted octanol–water partition coefficient (Wildman–Crippen LogP) is 1.23. The van der Waals surface area contributed by atoms with Gasteiger partial charge >= 0.3 is 0 Å². The highest BCUT2D eigenvalue weighted by Crippen LogP contribution is 2.40. The van der Waals surface area contributed by atoms with Crippen molar-refractivity contribution in [2.24, 2.45) is 5.92 Å². The fourth-order valence-electron chi connectivity index (χ4n) is 2.97. The second-order valence-corrected chi connectivity index (χ2v) is 7.83. The average Bonchev–Trinajstić information content (AvgIpc) is 3.24. The number of aliphatic carboxylic acids is 1. The third-order valence-corrected chi connectivity index (χ3v) is 5.63. The van der Waals surface area contributed by atoms with Crippen molar-refractivity contribution < 1.29 is 19.5 Å². The molecule has 2 N–H and O–H groups in total. The minimum Gasteiger partial charge on any atom is -0.550 e. The maximum atomic E-state index is 12.6. The SMILES string of the molecule is C[C@@H]1CCc2c(sc(NC(=O)CCC(=O)[O-])c2C(=O)NC2CC2)C1. The van der Waals surface area contributed by atoms with Crippen LogP contribution in [0.25, 0.3) is 0 Å². The van der Waals surface area contributed by atoms with E-state index in [2.05, 4.69) is 17.6 Å². The first-order valence-electron chi connectivity index (χ1n) is 8.39. The van der Waals surface area contributed by atoms with Crippen LogP contribution < -0.4 is 15.7 Å². The van der Waals surface area contributed by atoms with Crippen LogP contribution >= 0.6 is 11.3 Å². The van der Waals surface area contributed by atoms with E-state index >= 15 is 0 Å². The lowest BCUT2D eigenvalue weighted by atomic mass is 9.88. The van der Waals surface area contributed by atoms with Crippen LogP contribution in [0.4, 0.5) is 5.00 Å². The summed E-state index contributed by atoms with van der Waals surface area (Å²) in [6, 6.07) is 0.247. The number of hydrogen-bond acceptors (Lipinski definition) is 5. The fourth-order valence-corrected chi connectivity index (χ4v) is 4.39. The number of thiophene rings is 1. The van der Waals surface area contributed by atoms with E-state index in [4.69, 9.17) is 0 Å². The van der Waals surface area contributed by atoms with Crippen molar-refractivity contribution in [2.45, 2.75) is 57.9 Å². The van der Waals surface area contributed by atoms with Gasteiger partial charge in [-0.3, -0.25) is 9.59 Å². The quantitative estimate of drug-likeness (QED) is 0.807. The zero-order valence-corrected chi connectivity index (χ0v) is 14.5. The molecule has 1 fully saturated rings. The second kappa shape index (κ2) is 6.93. The van der Waals surface area contributed by atoms with Crippen molar-refractivity contribution in [3.63, 3.8) is 0 Å². The van der Waals surface area contributed by atoms with Crippen molar-refractivity contribution in [1.29, 1.82) is 0 Å². The molecule has 0 radical (unpaired) electrons. The summed E-state index contributed by atoms with van der Waals surface area (Å²) in [6.45, 7) is 2.19. The Kier molecular flexibility index (Phi) is 4.89. The number of nitrogens with one attached hydrogen (secondary N) is 2. The molecule has 0 aromatic carbocycles. The van der Waals surface area contributed by atoms with Crippen molar-refractivity contribution in [1.82, 2.24) is 5.32 Å². The van der Waals surface area contributed by atoms with E-state index in [0.29, 0.717) is 16.5 Å². The Morgan fingerprint density at radius 1 is 1.21 bits per heavy atom. The van der Waals surface area contributed by atoms with E-state index in [1.54, 1.807) is 0 Å². The molecule has 1 heterocycles. The van der Waals surface area contributed by atoms with Crippen molar-refractivity contribution >= 4 is 34.1 Å². The number of carboxylic acids is 1. The predicted molar refractivity (Wildman–Crippen MR) is 88.9 cm³/mol. The molecule has 1 saturated carbocycles. The number of fused-ring (bicyclic) bond motifs is 1. The minimum absolute atomic E-state index is 0.125. The molecule has 2 aliphatic rings. The van der Waals surface area contributed by atoms with E-state index in [9.17, 15) is 19.5 Å². The summed E-state index contributed by atoms with van der Waals surface area (Å²) < 4.78 is 0. The lowest BCUT2D eigenvalue weighted by Gasteiger charge is -2.18. The summed E-state index contributed by atoms with van der Waals surface area (Å²) in [7, 11) is 0. The summed E-state index contributed by atoms with van der Waals surface area (Å²) in [5, 5.41) is 16.8. The summed E-state index contributed by atoms with van der Waals surface area (Å²) in [5.74, 6) is -1.21. The molecular weight excluding hydrogens is 328 g/mol. The van der Waals surface area contributed by atoms with Gasteiger partial charge in [-0.1, -0.05) is 6.92 Å². The van der Waals surface area contributed by atoms with Crippen LogP contribution in [0.1, 0.15) is 59.8 Å². The van der Waals surface area contributed by atoms with Gasteiger partial charge in [0.05, 0.1) is 5.56 Å². The lowest BCUT2D eigenvalue weighted by molar-refractivity contribution is -0.305. The standard InChI is InChI=1S/C17H22N2O4S/c1-9-2-5-11-12(8-9)24-17(19-13(20)6-7-14(21)22)15(11)16(23)18-10-3-4-10/h9-10H,2-8H2,1H3,(H,18,23)(H,19,20)(H,21,22)/p-1/t9-/m1/s1. The summed E-state index contributed by atoms with van der Waals surface area (Å²) in [4.78, 5) is 36.3. The van der Waals surface area contributed by atoms with Gasteiger partial charge in [-0.15, -0.1) is 11.3 Å². The Hall–Kier alpha value is -1.89. The first kappa shape index (κ1) is 17.0. The van der Waals surface area contributed by atoms with Crippen molar-refractivity contribution in [2.75, 3.05) is 5.32 Å². The molecule has 7 heteroatoms. The van der Waals surface area contributed by atoms with Gasteiger partial charge in [0.25, 0.3) is 5.91 Å². The van der Waals surface area contributed by atoms with Gasteiger partial charge in [-0.05, 0) is 50.0 Å². The Morgan fingerprint density at radius 3 is 2.62 bits per heavy atom. The number of amides is 2. The minimum atomic E-state index is -1.25. The van der Waals surface area contributed by atoms with Crippen molar-refractivity contribution in [3.05, 3.63) is 16.0 Å². The monoisotopic (exact) mass is 349 g/mol. The highest BCUT2D eigenvalue weighted by molar-refractivity contribution is 7.17. The van der Waals surface area contributed by atoms with Crippen LogP contribution in [0.2, 0.25) is 0 Å². The van der Waals surface area contributed by atoms with E-state index < -0.39 is 11.9 Å². The molecule has 1 aromatic heterocycles. The van der Waals surface area contributed by atoms with E-state index in [-0.39, 0.29) is 24.8 Å². The number of hydrogen-bond donors (Lipinski definition) is 2. The highest BCUT2D eigenvalue weighted by Gasteiger charge is 2.31. The molecule has 0 bridgehead atoms. The maximum absolute atomic E-state index is 12.6. The number of carbonyl (C=O) groups excluding carboxylic acids is 3. The molecule has 2 amide bonds. The summed E-state index contributed by atoms with van der Waals surface area (Å²) >= 11 is 1.45. The molecule has 130 valence electrons. The Bertz CT molecular complexity index is 678. The third kappa shape index (κ3) is 3.95. The summed E-state index contributed by atoms with van der Waals surface area (Å²) in [5.41, 5.74) is 1.63.